The van der Waals surface area contributed by atoms with E-state index in [-0.39, 0.29) is 0 Å². The van der Waals surface area contributed by atoms with Gasteiger partial charge >= 0.3 is 0 Å². The number of para-hydroxylation sites is 1. The average Bonchev–Trinajstić information content (AvgIpc) is 2.46. The predicted molar refractivity (Wildman–Crippen MR) is 84.9 cm³/mol. The van der Waals surface area contributed by atoms with E-state index in [1.165, 1.54) is 5.56 Å². The Morgan fingerprint density at radius 1 is 1.11 bits per heavy atom. The van der Waals surface area contributed by atoms with Crippen LogP contribution in [0.3, 0.4) is 0 Å². The molecule has 0 heterocycles. The Hall–Kier alpha value is -1.02. The summed E-state index contributed by atoms with van der Waals surface area (Å²) < 4.78 is 5.89. The van der Waals surface area contributed by atoms with Gasteiger partial charge in [-0.2, -0.15) is 0 Å². The van der Waals surface area contributed by atoms with Crippen molar-refractivity contribution in [3.8, 4) is 5.75 Å². The van der Waals surface area contributed by atoms with Gasteiger partial charge in [-0.3, -0.25) is 0 Å². The van der Waals surface area contributed by atoms with E-state index < -0.39 is 0 Å². The van der Waals surface area contributed by atoms with Crippen molar-refractivity contribution in [3.05, 3.63) is 29.8 Å². The maximum Gasteiger partial charge on any atom is 0.122 e. The minimum atomic E-state index is 0.519. The highest BCUT2D eigenvalue weighted by Gasteiger charge is 2.18. The zero-order chi connectivity index (χ0) is 14.8. The van der Waals surface area contributed by atoms with Crippen LogP contribution in [0.25, 0.3) is 0 Å². The van der Waals surface area contributed by atoms with Crippen LogP contribution in [0.4, 0.5) is 0 Å². The van der Waals surface area contributed by atoms with Gasteiger partial charge in [0.05, 0.1) is 6.61 Å². The Bertz CT molecular complexity index is 338. The van der Waals surface area contributed by atoms with Crippen LogP contribution in [0.2, 0.25) is 0 Å². The third kappa shape index (κ3) is 6.11. The second-order valence-corrected chi connectivity index (χ2v) is 4.99. The van der Waals surface area contributed by atoms with Crippen LogP contribution in [0.1, 0.15) is 40.2 Å². The van der Waals surface area contributed by atoms with Crippen molar-refractivity contribution in [2.75, 3.05) is 13.7 Å². The highest BCUT2D eigenvalue weighted by atomic mass is 16.5. The molecule has 1 aromatic carbocycles. The Balaban J connectivity index is 0.00000154. The number of hydrogen-bond donors (Lipinski definition) is 1. The molecular weight excluding hydrogens is 234 g/mol. The number of hydrogen-bond acceptors (Lipinski definition) is 2. The molecule has 2 nitrogen and oxygen atoms in total. The predicted octanol–water partition coefficient (Wildman–Crippen LogP) is 4.28. The number of nitrogens with one attached hydrogen (secondary N) is 1. The number of ether oxygens (including phenoxy) is 1. The molecule has 0 radical (unpaired) electrons. The summed E-state index contributed by atoms with van der Waals surface area (Å²) in [6.07, 6.45) is 0. The van der Waals surface area contributed by atoms with Crippen molar-refractivity contribution in [2.24, 2.45) is 11.8 Å². The van der Waals surface area contributed by atoms with Crippen LogP contribution in [-0.4, -0.2) is 19.7 Å². The first kappa shape index (κ1) is 18.0. The fourth-order valence-corrected chi connectivity index (χ4v) is 1.85. The quantitative estimate of drug-likeness (QED) is 0.829. The van der Waals surface area contributed by atoms with E-state index in [0.29, 0.717) is 17.9 Å². The zero-order valence-electron chi connectivity index (χ0n) is 13.7. The molecule has 1 aromatic rings. The summed E-state index contributed by atoms with van der Waals surface area (Å²) in [5.74, 6) is 2.14. The van der Waals surface area contributed by atoms with E-state index in [0.717, 1.165) is 12.4 Å². The van der Waals surface area contributed by atoms with Gasteiger partial charge in [0, 0.05) is 6.04 Å². The molecule has 0 saturated heterocycles. The fourth-order valence-electron chi connectivity index (χ4n) is 1.85. The van der Waals surface area contributed by atoms with Crippen LogP contribution in [0.15, 0.2) is 24.3 Å². The molecule has 110 valence electrons. The van der Waals surface area contributed by atoms with Crippen molar-refractivity contribution in [1.82, 2.24) is 5.32 Å². The van der Waals surface area contributed by atoms with Gasteiger partial charge in [-0.05, 0) is 44.4 Å². The van der Waals surface area contributed by atoms with Gasteiger partial charge in [0.25, 0.3) is 0 Å². The minimum absolute atomic E-state index is 0.519. The second kappa shape index (κ2) is 9.85. The highest BCUT2D eigenvalue weighted by Crippen LogP contribution is 2.20. The van der Waals surface area contributed by atoms with Crippen molar-refractivity contribution < 1.29 is 4.74 Å². The van der Waals surface area contributed by atoms with E-state index in [4.69, 9.17) is 4.74 Å². The topological polar surface area (TPSA) is 21.3 Å². The lowest BCUT2D eigenvalue weighted by Gasteiger charge is -2.26. The summed E-state index contributed by atoms with van der Waals surface area (Å²) in [6, 6.07) is 8.70. The molecule has 0 aliphatic heterocycles. The fraction of sp³-hybridized carbons (Fsp3) is 0.647. The summed E-state index contributed by atoms with van der Waals surface area (Å²) in [4.78, 5) is 0. The molecule has 3 atom stereocenters. The summed E-state index contributed by atoms with van der Waals surface area (Å²) in [7, 11) is 2.01. The molecular formula is C17H31NO. The molecule has 0 amide bonds. The number of rotatable bonds is 6. The van der Waals surface area contributed by atoms with Crippen LogP contribution in [-0.2, 0) is 0 Å². The summed E-state index contributed by atoms with van der Waals surface area (Å²) in [5.41, 5.74) is 1.20. The summed E-state index contributed by atoms with van der Waals surface area (Å²) in [5, 5.41) is 3.30. The smallest absolute Gasteiger partial charge is 0.122 e. The molecule has 0 fully saturated rings. The lowest BCUT2D eigenvalue weighted by Crippen LogP contribution is -2.34. The van der Waals surface area contributed by atoms with Crippen LogP contribution in [0, 0.1) is 18.8 Å². The van der Waals surface area contributed by atoms with Crippen LogP contribution < -0.4 is 10.1 Å². The van der Waals surface area contributed by atoms with E-state index in [9.17, 15) is 0 Å². The minimum Gasteiger partial charge on any atom is -0.493 e. The molecule has 3 unspecified atom stereocenters. The van der Waals surface area contributed by atoms with Gasteiger partial charge in [-0.25, -0.2) is 0 Å². The molecule has 0 aliphatic rings. The Labute approximate surface area is 119 Å². The van der Waals surface area contributed by atoms with Crippen molar-refractivity contribution in [3.63, 3.8) is 0 Å². The second-order valence-electron chi connectivity index (χ2n) is 4.99. The SMILES string of the molecule is CC.CNC(C)C(C)C(C)COc1ccccc1C. The van der Waals surface area contributed by atoms with Crippen molar-refractivity contribution >= 4 is 0 Å². The van der Waals surface area contributed by atoms with E-state index in [2.05, 4.69) is 39.1 Å². The molecule has 1 N–H and O–H groups in total. The maximum atomic E-state index is 5.89. The average molecular weight is 265 g/mol. The highest BCUT2D eigenvalue weighted by molar-refractivity contribution is 5.31. The maximum absolute atomic E-state index is 5.89. The lowest BCUT2D eigenvalue weighted by atomic mass is 9.90. The van der Waals surface area contributed by atoms with E-state index >= 15 is 0 Å². The van der Waals surface area contributed by atoms with Gasteiger partial charge < -0.3 is 10.1 Å². The van der Waals surface area contributed by atoms with Gasteiger partial charge in [-0.1, -0.05) is 45.9 Å². The first-order chi connectivity index (χ1) is 9.06. The molecule has 0 saturated carbocycles. The van der Waals surface area contributed by atoms with Crippen LogP contribution >= 0.6 is 0 Å². The summed E-state index contributed by atoms with van der Waals surface area (Å²) in [6.45, 7) is 13.6. The lowest BCUT2D eigenvalue weighted by molar-refractivity contribution is 0.193. The molecule has 0 spiro atoms. The number of aryl methyl sites for hydroxylation is 1. The first-order valence-corrected chi connectivity index (χ1v) is 7.42. The largest absolute Gasteiger partial charge is 0.493 e. The van der Waals surface area contributed by atoms with Crippen LogP contribution in [0.5, 0.6) is 5.75 Å². The molecule has 0 aliphatic carbocycles. The van der Waals surface area contributed by atoms with Crippen molar-refractivity contribution in [2.45, 2.75) is 47.6 Å². The van der Waals surface area contributed by atoms with Gasteiger partial charge in [0.1, 0.15) is 5.75 Å². The Morgan fingerprint density at radius 2 is 1.68 bits per heavy atom. The summed E-state index contributed by atoms with van der Waals surface area (Å²) >= 11 is 0. The van der Waals surface area contributed by atoms with E-state index in [1.807, 2.05) is 39.1 Å². The molecule has 0 aromatic heterocycles. The third-order valence-electron chi connectivity index (χ3n) is 3.74. The number of benzene rings is 1. The molecule has 0 bridgehead atoms. The molecule has 19 heavy (non-hydrogen) atoms. The Kier molecular flexibility index (Phi) is 9.32. The first-order valence-electron chi connectivity index (χ1n) is 7.42. The monoisotopic (exact) mass is 265 g/mol. The standard InChI is InChI=1S/C15H25NO.C2H6/c1-11-8-6-7-9-15(11)17-10-12(2)13(3)14(4)16-5;1-2/h6-9,12-14,16H,10H2,1-5H3;1-2H3. The third-order valence-corrected chi connectivity index (χ3v) is 3.74. The van der Waals surface area contributed by atoms with Gasteiger partial charge in [0.2, 0.25) is 0 Å². The zero-order valence-corrected chi connectivity index (χ0v) is 13.7. The Morgan fingerprint density at radius 3 is 2.21 bits per heavy atom. The molecule has 1 rings (SSSR count). The van der Waals surface area contributed by atoms with E-state index in [1.54, 1.807) is 0 Å². The molecule has 2 heteroatoms. The van der Waals surface area contributed by atoms with Gasteiger partial charge in [0.15, 0.2) is 0 Å². The van der Waals surface area contributed by atoms with Gasteiger partial charge in [-0.15, -0.1) is 0 Å². The van der Waals surface area contributed by atoms with Crippen molar-refractivity contribution in [1.29, 1.82) is 0 Å². The normalized spacial score (nSPS) is 14.9.